The molecule has 6 nitrogen and oxygen atoms in total. The molecule has 0 saturated carbocycles. The van der Waals surface area contributed by atoms with Gasteiger partial charge < -0.3 is 20.1 Å². The summed E-state index contributed by atoms with van der Waals surface area (Å²) in [6, 6.07) is 6.37. The van der Waals surface area contributed by atoms with Gasteiger partial charge in [0.15, 0.2) is 0 Å². The highest BCUT2D eigenvalue weighted by molar-refractivity contribution is 7.98. The van der Waals surface area contributed by atoms with E-state index >= 15 is 0 Å². The molecule has 2 N–H and O–H groups in total. The van der Waals surface area contributed by atoms with Crippen LogP contribution < -0.4 is 15.4 Å². The van der Waals surface area contributed by atoms with E-state index in [1.54, 1.807) is 18.9 Å². The molecule has 0 aliphatic heterocycles. The molecule has 0 aliphatic rings. The SMILES string of the molecule is COC(=O)[C@@H](CCSC)NC(=O)NCc1cccc(OC)c1. The number of rotatable bonds is 8. The second kappa shape index (κ2) is 9.94. The van der Waals surface area contributed by atoms with E-state index in [1.807, 2.05) is 30.5 Å². The topological polar surface area (TPSA) is 76.7 Å². The van der Waals surface area contributed by atoms with Gasteiger partial charge >= 0.3 is 12.0 Å². The highest BCUT2D eigenvalue weighted by Crippen LogP contribution is 2.12. The second-order valence-electron chi connectivity index (χ2n) is 4.54. The van der Waals surface area contributed by atoms with Crippen LogP contribution in [0.15, 0.2) is 24.3 Å². The highest BCUT2D eigenvalue weighted by Gasteiger charge is 2.20. The summed E-state index contributed by atoms with van der Waals surface area (Å²) in [4.78, 5) is 23.5. The fourth-order valence-electron chi connectivity index (χ4n) is 1.80. The number of methoxy groups -OCH3 is 2. The first kappa shape index (κ1) is 18.2. The quantitative estimate of drug-likeness (QED) is 0.712. The average molecular weight is 326 g/mol. The molecular weight excluding hydrogens is 304 g/mol. The molecule has 0 aromatic heterocycles. The maximum atomic E-state index is 11.9. The molecule has 1 aromatic carbocycles. The normalized spacial score (nSPS) is 11.4. The van der Waals surface area contributed by atoms with Gasteiger partial charge in [0.1, 0.15) is 11.8 Å². The highest BCUT2D eigenvalue weighted by atomic mass is 32.2. The summed E-state index contributed by atoms with van der Waals surface area (Å²) in [6.07, 6.45) is 2.47. The van der Waals surface area contributed by atoms with E-state index in [9.17, 15) is 9.59 Å². The maximum Gasteiger partial charge on any atom is 0.328 e. The minimum Gasteiger partial charge on any atom is -0.497 e. The lowest BCUT2D eigenvalue weighted by molar-refractivity contribution is -0.142. The molecule has 7 heteroatoms. The Morgan fingerprint density at radius 1 is 1.32 bits per heavy atom. The Labute approximate surface area is 134 Å². The first-order chi connectivity index (χ1) is 10.6. The fourth-order valence-corrected chi connectivity index (χ4v) is 2.27. The number of carbonyl (C=O) groups excluding carboxylic acids is 2. The van der Waals surface area contributed by atoms with Gasteiger partial charge in [-0.25, -0.2) is 9.59 Å². The van der Waals surface area contributed by atoms with Gasteiger partial charge in [-0.05, 0) is 36.1 Å². The van der Waals surface area contributed by atoms with Crippen LogP contribution in [-0.2, 0) is 16.1 Å². The Morgan fingerprint density at radius 3 is 2.73 bits per heavy atom. The van der Waals surface area contributed by atoms with Gasteiger partial charge in [-0.2, -0.15) is 11.8 Å². The van der Waals surface area contributed by atoms with Crippen LogP contribution in [0.5, 0.6) is 5.75 Å². The molecule has 0 spiro atoms. The van der Waals surface area contributed by atoms with Crippen LogP contribution in [-0.4, -0.2) is 44.3 Å². The summed E-state index contributed by atoms with van der Waals surface area (Å²) >= 11 is 1.61. The third kappa shape index (κ3) is 6.26. The average Bonchev–Trinajstić information content (AvgIpc) is 2.56. The number of carbonyl (C=O) groups is 2. The molecule has 1 aromatic rings. The summed E-state index contributed by atoms with van der Waals surface area (Å²) in [5, 5.41) is 5.35. The van der Waals surface area contributed by atoms with Gasteiger partial charge in [-0.3, -0.25) is 0 Å². The van der Waals surface area contributed by atoms with Crippen LogP contribution in [0.1, 0.15) is 12.0 Å². The first-order valence-corrected chi connectivity index (χ1v) is 8.24. The summed E-state index contributed by atoms with van der Waals surface area (Å²) < 4.78 is 9.82. The molecule has 0 saturated heterocycles. The van der Waals surface area contributed by atoms with E-state index < -0.39 is 18.0 Å². The van der Waals surface area contributed by atoms with Gasteiger partial charge in [0.25, 0.3) is 0 Å². The standard InChI is InChI=1S/C15H22N2O4S/c1-20-12-6-4-5-11(9-12)10-16-15(19)17-13(7-8-22-3)14(18)21-2/h4-6,9,13H,7-8,10H2,1-3H3,(H2,16,17,19)/t13-/m1/s1. The Balaban J connectivity index is 2.50. The van der Waals surface area contributed by atoms with Gasteiger partial charge in [0.2, 0.25) is 0 Å². The van der Waals surface area contributed by atoms with Gasteiger partial charge in [0.05, 0.1) is 14.2 Å². The Bertz CT molecular complexity index is 496. The Kier molecular flexibility index (Phi) is 8.21. The number of hydrogen-bond donors (Lipinski definition) is 2. The van der Waals surface area contributed by atoms with Crippen LogP contribution in [0, 0.1) is 0 Å². The number of amides is 2. The van der Waals surface area contributed by atoms with E-state index in [2.05, 4.69) is 10.6 Å². The molecule has 0 bridgehead atoms. The van der Waals surface area contributed by atoms with Gasteiger partial charge in [0, 0.05) is 6.54 Å². The zero-order valence-electron chi connectivity index (χ0n) is 13.0. The molecular formula is C15H22N2O4S. The van der Waals surface area contributed by atoms with Gasteiger partial charge in [-0.15, -0.1) is 0 Å². The molecule has 2 amide bonds. The number of nitrogens with one attached hydrogen (secondary N) is 2. The maximum absolute atomic E-state index is 11.9. The molecule has 22 heavy (non-hydrogen) atoms. The van der Waals surface area contributed by atoms with Crippen LogP contribution in [0.2, 0.25) is 0 Å². The number of benzene rings is 1. The number of thioether (sulfide) groups is 1. The van der Waals surface area contributed by atoms with Crippen molar-refractivity contribution >= 4 is 23.8 Å². The summed E-state index contributed by atoms with van der Waals surface area (Å²) in [5.41, 5.74) is 0.910. The minimum atomic E-state index is -0.636. The van der Waals surface area contributed by atoms with E-state index in [-0.39, 0.29) is 0 Å². The molecule has 0 unspecified atom stereocenters. The molecule has 0 aliphatic carbocycles. The lowest BCUT2D eigenvalue weighted by Crippen LogP contribution is -2.46. The van der Waals surface area contributed by atoms with E-state index in [0.717, 1.165) is 17.1 Å². The van der Waals surface area contributed by atoms with Crippen molar-refractivity contribution in [3.63, 3.8) is 0 Å². The number of esters is 1. The molecule has 1 rings (SSSR count). The minimum absolute atomic E-state index is 0.347. The second-order valence-corrected chi connectivity index (χ2v) is 5.52. The van der Waals surface area contributed by atoms with Crippen molar-refractivity contribution in [2.45, 2.75) is 19.0 Å². The van der Waals surface area contributed by atoms with E-state index in [4.69, 9.17) is 9.47 Å². The zero-order valence-corrected chi connectivity index (χ0v) is 13.9. The third-order valence-corrected chi connectivity index (χ3v) is 3.63. The van der Waals surface area contributed by atoms with Gasteiger partial charge in [-0.1, -0.05) is 12.1 Å². The van der Waals surface area contributed by atoms with Crippen LogP contribution in [0.3, 0.4) is 0 Å². The Hall–Kier alpha value is -1.89. The Morgan fingerprint density at radius 2 is 2.09 bits per heavy atom. The van der Waals surface area contributed by atoms with Crippen molar-refractivity contribution in [2.75, 3.05) is 26.2 Å². The monoisotopic (exact) mass is 326 g/mol. The zero-order chi connectivity index (χ0) is 16.4. The number of ether oxygens (including phenoxy) is 2. The van der Waals surface area contributed by atoms with E-state index in [1.165, 1.54) is 7.11 Å². The summed E-state index contributed by atoms with van der Waals surface area (Å²) in [5.74, 6) is 1.05. The van der Waals surface area contributed by atoms with Crippen LogP contribution in [0.25, 0.3) is 0 Å². The van der Waals surface area contributed by atoms with Crippen LogP contribution >= 0.6 is 11.8 Å². The fraction of sp³-hybridized carbons (Fsp3) is 0.467. The number of hydrogen-bond acceptors (Lipinski definition) is 5. The largest absolute Gasteiger partial charge is 0.497 e. The van der Waals surface area contributed by atoms with Crippen molar-refractivity contribution in [3.05, 3.63) is 29.8 Å². The molecule has 0 fully saturated rings. The molecule has 1 atom stereocenters. The van der Waals surface area contributed by atoms with E-state index in [0.29, 0.717) is 13.0 Å². The third-order valence-electron chi connectivity index (χ3n) is 2.99. The predicted molar refractivity (Wildman–Crippen MR) is 87.2 cm³/mol. The molecule has 122 valence electrons. The molecule has 0 radical (unpaired) electrons. The van der Waals surface area contributed by atoms with Crippen molar-refractivity contribution in [2.24, 2.45) is 0 Å². The lowest BCUT2D eigenvalue weighted by Gasteiger charge is -2.16. The van der Waals surface area contributed by atoms with Crippen molar-refractivity contribution in [3.8, 4) is 5.75 Å². The number of urea groups is 1. The van der Waals surface area contributed by atoms with Crippen LogP contribution in [0.4, 0.5) is 4.79 Å². The van der Waals surface area contributed by atoms with Crippen molar-refractivity contribution < 1.29 is 19.1 Å². The predicted octanol–water partition coefficient (Wildman–Crippen LogP) is 1.79. The summed E-state index contributed by atoms with van der Waals surface area (Å²) in [7, 11) is 2.90. The lowest BCUT2D eigenvalue weighted by atomic mass is 10.2. The molecule has 0 heterocycles. The first-order valence-electron chi connectivity index (χ1n) is 6.84. The van der Waals surface area contributed by atoms with Crippen molar-refractivity contribution in [1.82, 2.24) is 10.6 Å². The smallest absolute Gasteiger partial charge is 0.328 e. The summed E-state index contributed by atoms with van der Waals surface area (Å²) in [6.45, 7) is 0.347. The van der Waals surface area contributed by atoms with Crippen molar-refractivity contribution in [1.29, 1.82) is 0 Å².